The molecule has 0 bridgehead atoms. The summed E-state index contributed by atoms with van der Waals surface area (Å²) in [5.74, 6) is 1.68. The highest BCUT2D eigenvalue weighted by Gasteiger charge is 2.41. The average molecular weight is 647 g/mol. The molecular weight excluding hydrogens is 619 g/mol. The fraction of sp³-hybridized carbons (Fsp3) is 0. The molecule has 1 unspecified atom stereocenters. The minimum Gasteiger partial charge on any atom is -0.309 e. The van der Waals surface area contributed by atoms with Crippen LogP contribution in [0.25, 0.3) is 72.4 Å². The zero-order valence-corrected chi connectivity index (χ0v) is 27.1. The highest BCUT2D eigenvalue weighted by Crippen LogP contribution is 2.53. The third-order valence-corrected chi connectivity index (χ3v) is 12.8. The molecule has 7 aromatic carbocycles. The predicted octanol–water partition coefficient (Wildman–Crippen LogP) is 9.08. The van der Waals surface area contributed by atoms with Crippen LogP contribution < -0.4 is 15.9 Å². The number of rotatable bonds is 4. The van der Waals surface area contributed by atoms with Crippen molar-refractivity contribution >= 4 is 55.6 Å². The molecule has 0 aliphatic carbocycles. The Kier molecular flexibility index (Phi) is 6.08. The van der Waals surface area contributed by atoms with E-state index in [0.29, 0.717) is 17.6 Å². The van der Waals surface area contributed by atoms with Crippen molar-refractivity contribution in [1.82, 2.24) is 19.5 Å². The summed E-state index contributed by atoms with van der Waals surface area (Å²) >= 11 is 0. The standard InChI is InChI=1S/C43H27N4OP/c48-49(31-19-8-3-9-20-31)38-23-13-12-22-33(38)34-26-35-37(27-39(34)49)47(36-25-24-28-14-10-11-21-32(28)40(35)36)43-45-41(29-15-4-1-5-16-29)44-42(46-43)30-17-6-2-7-18-30/h1-27H. The second-order valence-electron chi connectivity index (χ2n) is 12.4. The van der Waals surface area contributed by atoms with E-state index in [1.807, 2.05) is 109 Å². The number of hydrogen-bond donors (Lipinski definition) is 0. The van der Waals surface area contributed by atoms with Gasteiger partial charge >= 0.3 is 0 Å². The fourth-order valence-electron chi connectivity index (χ4n) is 7.43. The van der Waals surface area contributed by atoms with E-state index in [-0.39, 0.29) is 0 Å². The lowest BCUT2D eigenvalue weighted by Crippen LogP contribution is -2.20. The Morgan fingerprint density at radius 1 is 0.469 bits per heavy atom. The van der Waals surface area contributed by atoms with Gasteiger partial charge in [-0.2, -0.15) is 9.97 Å². The lowest BCUT2D eigenvalue weighted by molar-refractivity contribution is 0.593. The molecule has 6 heteroatoms. The van der Waals surface area contributed by atoms with Crippen molar-refractivity contribution < 1.29 is 4.57 Å². The van der Waals surface area contributed by atoms with E-state index in [1.165, 1.54) is 0 Å². The van der Waals surface area contributed by atoms with Crippen LogP contribution >= 0.6 is 7.14 Å². The van der Waals surface area contributed by atoms with Crippen molar-refractivity contribution in [3.63, 3.8) is 0 Å². The van der Waals surface area contributed by atoms with Gasteiger partial charge in [-0.25, -0.2) is 4.98 Å². The maximum Gasteiger partial charge on any atom is 0.238 e. The quantitative estimate of drug-likeness (QED) is 0.179. The minimum absolute atomic E-state index is 0.507. The molecule has 3 heterocycles. The smallest absolute Gasteiger partial charge is 0.238 e. The first-order chi connectivity index (χ1) is 24.2. The van der Waals surface area contributed by atoms with Crippen LogP contribution in [0.1, 0.15) is 0 Å². The van der Waals surface area contributed by atoms with Gasteiger partial charge in [-0.3, -0.25) is 4.57 Å². The molecule has 230 valence electrons. The second-order valence-corrected chi connectivity index (χ2v) is 15.1. The largest absolute Gasteiger partial charge is 0.309 e. The van der Waals surface area contributed by atoms with E-state index in [2.05, 4.69) is 59.2 Å². The van der Waals surface area contributed by atoms with Gasteiger partial charge in [0.05, 0.1) is 11.0 Å². The monoisotopic (exact) mass is 646 g/mol. The predicted molar refractivity (Wildman–Crippen MR) is 201 cm³/mol. The zero-order valence-electron chi connectivity index (χ0n) is 26.2. The summed E-state index contributed by atoms with van der Waals surface area (Å²) in [6, 6.07) is 55.3. The third kappa shape index (κ3) is 4.13. The Balaban J connectivity index is 1.36. The summed E-state index contributed by atoms with van der Waals surface area (Å²) in [4.78, 5) is 15.3. The minimum atomic E-state index is -3.19. The second kappa shape index (κ2) is 10.7. The van der Waals surface area contributed by atoms with Crippen LogP contribution in [0.5, 0.6) is 0 Å². The Hall–Kier alpha value is -6.16. The van der Waals surface area contributed by atoms with Crippen molar-refractivity contribution in [1.29, 1.82) is 0 Å². The molecule has 0 spiro atoms. The van der Waals surface area contributed by atoms with E-state index in [9.17, 15) is 0 Å². The molecule has 0 amide bonds. The van der Waals surface area contributed by atoms with Crippen LogP contribution in [0.15, 0.2) is 164 Å². The number of aromatic nitrogens is 4. The highest BCUT2D eigenvalue weighted by atomic mass is 31.2. The normalized spacial score (nSPS) is 15.1. The van der Waals surface area contributed by atoms with E-state index in [1.54, 1.807) is 0 Å². The number of nitrogens with zero attached hydrogens (tertiary/aromatic N) is 4. The van der Waals surface area contributed by atoms with Gasteiger partial charge in [0.2, 0.25) is 5.95 Å². The van der Waals surface area contributed by atoms with Crippen molar-refractivity contribution in [2.24, 2.45) is 0 Å². The summed E-state index contributed by atoms with van der Waals surface area (Å²) in [6.45, 7) is 0. The summed E-state index contributed by atoms with van der Waals surface area (Å²) in [7, 11) is -3.19. The molecule has 1 aliphatic heterocycles. The van der Waals surface area contributed by atoms with Crippen molar-refractivity contribution in [3.8, 4) is 39.9 Å². The molecule has 2 aromatic heterocycles. The molecule has 0 N–H and O–H groups in total. The van der Waals surface area contributed by atoms with Crippen LogP contribution in [-0.4, -0.2) is 19.5 Å². The first-order valence-corrected chi connectivity index (χ1v) is 18.0. The third-order valence-electron chi connectivity index (χ3n) is 9.65. The molecule has 0 saturated carbocycles. The van der Waals surface area contributed by atoms with Gasteiger partial charge in [-0.1, -0.05) is 146 Å². The van der Waals surface area contributed by atoms with Gasteiger partial charge in [-0.05, 0) is 40.1 Å². The Labute approximate surface area is 282 Å². The number of benzene rings is 7. The SMILES string of the molecule is O=P1(c2ccccc2)c2ccccc2-c2cc3c4c5ccccc5ccc4n(-c4nc(-c5ccccc5)nc(-c5ccccc5)n4)c3cc21. The van der Waals surface area contributed by atoms with Crippen molar-refractivity contribution in [2.75, 3.05) is 0 Å². The Morgan fingerprint density at radius 3 is 1.80 bits per heavy atom. The van der Waals surface area contributed by atoms with Crippen LogP contribution in [-0.2, 0) is 4.57 Å². The van der Waals surface area contributed by atoms with Crippen molar-refractivity contribution in [2.45, 2.75) is 0 Å². The average Bonchev–Trinajstić information content (AvgIpc) is 3.64. The first-order valence-electron chi connectivity index (χ1n) is 16.3. The van der Waals surface area contributed by atoms with Gasteiger partial charge < -0.3 is 4.57 Å². The molecule has 1 atom stereocenters. The van der Waals surface area contributed by atoms with E-state index in [4.69, 9.17) is 15.0 Å². The molecule has 9 aromatic rings. The molecule has 10 rings (SSSR count). The molecule has 0 fully saturated rings. The zero-order chi connectivity index (χ0) is 32.5. The summed E-state index contributed by atoms with van der Waals surface area (Å²) in [6.07, 6.45) is 0. The molecular formula is C43H27N4OP. The Bertz CT molecular complexity index is 2740. The van der Waals surface area contributed by atoms with Gasteiger partial charge in [0.15, 0.2) is 18.8 Å². The number of fused-ring (bicyclic) bond motifs is 8. The lowest BCUT2D eigenvalue weighted by Gasteiger charge is -2.16. The van der Waals surface area contributed by atoms with Gasteiger partial charge in [0.25, 0.3) is 0 Å². The maximum atomic E-state index is 15.6. The van der Waals surface area contributed by atoms with Gasteiger partial charge in [0.1, 0.15) is 0 Å². The van der Waals surface area contributed by atoms with E-state index >= 15 is 4.57 Å². The van der Waals surface area contributed by atoms with Gasteiger partial charge in [0, 0.05) is 37.8 Å². The number of hydrogen-bond acceptors (Lipinski definition) is 4. The van der Waals surface area contributed by atoms with Gasteiger partial charge in [-0.15, -0.1) is 0 Å². The fourth-order valence-corrected chi connectivity index (χ4v) is 10.5. The topological polar surface area (TPSA) is 60.7 Å². The van der Waals surface area contributed by atoms with E-state index in [0.717, 1.165) is 70.7 Å². The molecule has 49 heavy (non-hydrogen) atoms. The van der Waals surface area contributed by atoms with Crippen molar-refractivity contribution in [3.05, 3.63) is 164 Å². The van der Waals surface area contributed by atoms with Crippen LogP contribution in [0, 0.1) is 0 Å². The Morgan fingerprint density at radius 2 is 1.08 bits per heavy atom. The highest BCUT2D eigenvalue weighted by molar-refractivity contribution is 7.86. The molecule has 5 nitrogen and oxygen atoms in total. The lowest BCUT2D eigenvalue weighted by atomic mass is 10.0. The molecule has 0 radical (unpaired) electrons. The van der Waals surface area contributed by atoms with Crippen LogP contribution in [0.4, 0.5) is 0 Å². The van der Waals surface area contributed by atoms with E-state index < -0.39 is 7.14 Å². The molecule has 0 saturated heterocycles. The van der Waals surface area contributed by atoms with Crippen LogP contribution in [0.2, 0.25) is 0 Å². The summed E-state index contributed by atoms with van der Waals surface area (Å²) in [5, 5.41) is 7.00. The first kappa shape index (κ1) is 27.9. The maximum absolute atomic E-state index is 15.6. The van der Waals surface area contributed by atoms with Crippen LogP contribution in [0.3, 0.4) is 0 Å². The summed E-state index contributed by atoms with van der Waals surface area (Å²) < 4.78 is 17.7. The molecule has 1 aliphatic rings. The summed E-state index contributed by atoms with van der Waals surface area (Å²) in [5.41, 5.74) is 5.71.